The molecule has 1 N–H and O–H groups in total. The van der Waals surface area contributed by atoms with Crippen LogP contribution in [0.1, 0.15) is 31.4 Å². The molecule has 0 heterocycles. The van der Waals surface area contributed by atoms with Gasteiger partial charge >= 0.3 is 0 Å². The lowest BCUT2D eigenvalue weighted by Crippen LogP contribution is -2.26. The summed E-state index contributed by atoms with van der Waals surface area (Å²) in [6.07, 6.45) is 1.97. The molecule has 2 rings (SSSR count). The number of rotatable bonds is 10. The van der Waals surface area contributed by atoms with Crippen molar-refractivity contribution in [2.75, 3.05) is 12.3 Å². The minimum Gasteiger partial charge on any atom is -0.491 e. The molecule has 0 saturated carbocycles. The summed E-state index contributed by atoms with van der Waals surface area (Å²) >= 11 is 13.5. The Morgan fingerprint density at radius 1 is 1.11 bits per heavy atom. The molecule has 0 aliphatic rings. The number of aryl methyl sites for hydroxylation is 1. The maximum Gasteiger partial charge on any atom is 0.230 e. The zero-order valence-electron chi connectivity index (χ0n) is 15.6. The van der Waals surface area contributed by atoms with Gasteiger partial charge in [0.2, 0.25) is 5.91 Å². The molecule has 0 fully saturated rings. The third kappa shape index (κ3) is 8.46. The molecule has 0 saturated heterocycles. The van der Waals surface area contributed by atoms with Gasteiger partial charge in [0.05, 0.1) is 21.9 Å². The minimum atomic E-state index is 0.0527. The maximum atomic E-state index is 11.9. The largest absolute Gasteiger partial charge is 0.491 e. The molecule has 0 radical (unpaired) electrons. The Balaban J connectivity index is 1.62. The van der Waals surface area contributed by atoms with Gasteiger partial charge in [-0.25, -0.2) is 0 Å². The molecule has 0 aliphatic carbocycles. The van der Waals surface area contributed by atoms with E-state index >= 15 is 0 Å². The molecule has 27 heavy (non-hydrogen) atoms. The molecule has 146 valence electrons. The van der Waals surface area contributed by atoms with Crippen molar-refractivity contribution in [3.63, 3.8) is 0 Å². The van der Waals surface area contributed by atoms with Crippen LogP contribution in [0.2, 0.25) is 10.0 Å². The zero-order valence-corrected chi connectivity index (χ0v) is 18.0. The fourth-order valence-corrected chi connectivity index (χ4v) is 3.63. The molecule has 0 atom stereocenters. The molecule has 0 aliphatic heterocycles. The number of ether oxygens (including phenoxy) is 1. The molecular weight excluding hydrogens is 401 g/mol. The van der Waals surface area contributed by atoms with Crippen LogP contribution in [0.25, 0.3) is 0 Å². The van der Waals surface area contributed by atoms with E-state index in [1.807, 2.05) is 38.1 Å². The van der Waals surface area contributed by atoms with Gasteiger partial charge in [0, 0.05) is 12.3 Å². The van der Waals surface area contributed by atoms with Gasteiger partial charge in [-0.2, -0.15) is 0 Å². The molecule has 3 nitrogen and oxygen atoms in total. The van der Waals surface area contributed by atoms with Crippen LogP contribution in [0, 0.1) is 0 Å². The quantitative estimate of drug-likeness (QED) is 0.491. The van der Waals surface area contributed by atoms with Crippen LogP contribution < -0.4 is 10.1 Å². The van der Waals surface area contributed by atoms with E-state index < -0.39 is 0 Å². The van der Waals surface area contributed by atoms with Gasteiger partial charge in [-0.15, -0.1) is 11.8 Å². The van der Waals surface area contributed by atoms with E-state index in [0.717, 1.165) is 29.9 Å². The van der Waals surface area contributed by atoms with Crippen LogP contribution in [0.5, 0.6) is 5.75 Å². The first-order chi connectivity index (χ1) is 12.9. The Hall–Kier alpha value is -1.36. The summed E-state index contributed by atoms with van der Waals surface area (Å²) in [7, 11) is 0. The van der Waals surface area contributed by atoms with Gasteiger partial charge < -0.3 is 10.1 Å². The number of hydrogen-bond donors (Lipinski definition) is 1. The van der Waals surface area contributed by atoms with E-state index in [9.17, 15) is 4.79 Å². The Kier molecular flexibility index (Phi) is 9.32. The summed E-state index contributed by atoms with van der Waals surface area (Å²) in [5.74, 6) is 2.10. The molecular formula is C21H25Cl2NO2S. The number of benzene rings is 2. The third-order valence-corrected chi connectivity index (χ3v) is 5.46. The van der Waals surface area contributed by atoms with Gasteiger partial charge in [-0.3, -0.25) is 4.79 Å². The van der Waals surface area contributed by atoms with Gasteiger partial charge in [0.15, 0.2) is 0 Å². The van der Waals surface area contributed by atoms with E-state index in [4.69, 9.17) is 27.9 Å². The van der Waals surface area contributed by atoms with Crippen molar-refractivity contribution >= 4 is 40.9 Å². The first kappa shape index (κ1) is 21.9. The first-order valence-corrected chi connectivity index (χ1v) is 10.9. The van der Waals surface area contributed by atoms with E-state index in [1.165, 1.54) is 5.56 Å². The Morgan fingerprint density at radius 2 is 1.93 bits per heavy atom. The normalized spacial score (nSPS) is 10.9. The predicted molar refractivity (Wildman–Crippen MR) is 116 cm³/mol. The highest BCUT2D eigenvalue weighted by molar-refractivity contribution is 7.99. The summed E-state index contributed by atoms with van der Waals surface area (Å²) in [6, 6.07) is 13.7. The summed E-state index contributed by atoms with van der Waals surface area (Å²) in [4.78, 5) is 11.9. The monoisotopic (exact) mass is 425 g/mol. The van der Waals surface area contributed by atoms with Crippen molar-refractivity contribution in [2.45, 2.75) is 38.5 Å². The van der Waals surface area contributed by atoms with Crippen LogP contribution in [-0.4, -0.2) is 24.3 Å². The van der Waals surface area contributed by atoms with Crippen molar-refractivity contribution in [1.29, 1.82) is 0 Å². The number of carbonyl (C=O) groups is 1. The molecule has 1 amide bonds. The van der Waals surface area contributed by atoms with Crippen molar-refractivity contribution in [1.82, 2.24) is 5.32 Å². The van der Waals surface area contributed by atoms with E-state index in [0.29, 0.717) is 22.3 Å². The first-order valence-electron chi connectivity index (χ1n) is 8.98. The third-order valence-electron chi connectivity index (χ3n) is 3.72. The highest BCUT2D eigenvalue weighted by Crippen LogP contribution is 2.24. The highest BCUT2D eigenvalue weighted by atomic mass is 35.5. The van der Waals surface area contributed by atoms with E-state index in [1.54, 1.807) is 17.8 Å². The van der Waals surface area contributed by atoms with Crippen molar-refractivity contribution < 1.29 is 9.53 Å². The summed E-state index contributed by atoms with van der Waals surface area (Å²) in [6.45, 7) is 4.70. The second kappa shape index (κ2) is 11.5. The zero-order chi connectivity index (χ0) is 19.6. The molecule has 0 bridgehead atoms. The maximum absolute atomic E-state index is 11.9. The van der Waals surface area contributed by atoms with Crippen molar-refractivity contribution in [3.8, 4) is 5.75 Å². The van der Waals surface area contributed by atoms with Crippen LogP contribution in [-0.2, 0) is 17.0 Å². The Bertz CT molecular complexity index is 753. The lowest BCUT2D eigenvalue weighted by molar-refractivity contribution is -0.118. The fourth-order valence-electron chi connectivity index (χ4n) is 2.51. The van der Waals surface area contributed by atoms with Crippen LogP contribution in [0.15, 0.2) is 42.5 Å². The summed E-state index contributed by atoms with van der Waals surface area (Å²) in [5, 5.41) is 4.06. The van der Waals surface area contributed by atoms with Crippen LogP contribution >= 0.6 is 35.0 Å². The fraction of sp³-hybridized carbons (Fsp3) is 0.381. The number of thioether (sulfide) groups is 1. The molecule has 2 aromatic carbocycles. The van der Waals surface area contributed by atoms with Gasteiger partial charge in [-0.05, 0) is 62.1 Å². The van der Waals surface area contributed by atoms with E-state index in [2.05, 4.69) is 17.4 Å². The lowest BCUT2D eigenvalue weighted by Gasteiger charge is -2.11. The Labute approximate surface area is 175 Å². The average molecular weight is 426 g/mol. The van der Waals surface area contributed by atoms with Crippen molar-refractivity contribution in [2.24, 2.45) is 0 Å². The smallest absolute Gasteiger partial charge is 0.230 e. The van der Waals surface area contributed by atoms with E-state index in [-0.39, 0.29) is 12.0 Å². The molecule has 6 heteroatoms. The average Bonchev–Trinajstić information content (AvgIpc) is 2.61. The van der Waals surface area contributed by atoms with Gasteiger partial charge in [-0.1, -0.05) is 41.4 Å². The van der Waals surface area contributed by atoms with Crippen molar-refractivity contribution in [3.05, 3.63) is 63.6 Å². The predicted octanol–water partition coefficient (Wildman–Crippen LogP) is 5.76. The van der Waals surface area contributed by atoms with Gasteiger partial charge in [0.25, 0.3) is 0 Å². The SMILES string of the molecule is CC(C)Oc1cccc(CCCNC(=O)CSCc2ccc(Cl)c(Cl)c2)c1. The lowest BCUT2D eigenvalue weighted by atomic mass is 10.1. The minimum absolute atomic E-state index is 0.0527. The van der Waals surface area contributed by atoms with Crippen LogP contribution in [0.4, 0.5) is 0 Å². The molecule has 2 aromatic rings. The standard InChI is InChI=1S/C21H25Cl2NO2S/c1-15(2)26-18-7-3-5-16(11-18)6-4-10-24-21(25)14-27-13-17-8-9-19(22)20(23)12-17/h3,5,7-9,11-12,15H,4,6,10,13-14H2,1-2H3,(H,24,25). The molecule has 0 unspecified atom stereocenters. The second-order valence-electron chi connectivity index (χ2n) is 6.51. The topological polar surface area (TPSA) is 38.3 Å². The number of halogens is 2. The highest BCUT2D eigenvalue weighted by Gasteiger charge is 2.04. The number of hydrogen-bond acceptors (Lipinski definition) is 3. The summed E-state index contributed by atoms with van der Waals surface area (Å²) < 4.78 is 5.71. The molecule has 0 aromatic heterocycles. The summed E-state index contributed by atoms with van der Waals surface area (Å²) in [5.41, 5.74) is 2.28. The number of amides is 1. The Morgan fingerprint density at radius 3 is 2.67 bits per heavy atom. The number of carbonyl (C=O) groups excluding carboxylic acids is 1. The van der Waals surface area contributed by atoms with Gasteiger partial charge in [0.1, 0.15) is 5.75 Å². The molecule has 0 spiro atoms. The second-order valence-corrected chi connectivity index (χ2v) is 8.31. The van der Waals surface area contributed by atoms with Crippen LogP contribution in [0.3, 0.4) is 0 Å². The number of nitrogens with one attached hydrogen (secondary N) is 1.